The van der Waals surface area contributed by atoms with Gasteiger partial charge in [-0.1, -0.05) is 27.7 Å². The van der Waals surface area contributed by atoms with Gasteiger partial charge in [0.2, 0.25) is 0 Å². The largest absolute Gasteiger partial charge is 0.480 e. The monoisotopic (exact) mass is 288 g/mol. The third-order valence-electron chi connectivity index (χ3n) is 2.56. The summed E-state index contributed by atoms with van der Waals surface area (Å²) >= 11 is 0. The van der Waals surface area contributed by atoms with Crippen LogP contribution in [0.3, 0.4) is 0 Å². The van der Waals surface area contributed by atoms with Crippen LogP contribution in [0.15, 0.2) is 0 Å². The van der Waals surface area contributed by atoms with Crippen LogP contribution in [0.5, 0.6) is 0 Å². The van der Waals surface area contributed by atoms with E-state index in [9.17, 15) is 9.59 Å². The van der Waals surface area contributed by atoms with Crippen LogP contribution in [0.2, 0.25) is 0 Å². The Morgan fingerprint density at radius 3 is 2.30 bits per heavy atom. The minimum absolute atomic E-state index is 0.224. The smallest absolute Gasteiger partial charge is 0.323 e. The first-order valence-electron chi connectivity index (χ1n) is 7.15. The number of hydrogen-bond acceptors (Lipinski definition) is 3. The van der Waals surface area contributed by atoms with Gasteiger partial charge in [0.25, 0.3) is 0 Å². The second kappa shape index (κ2) is 10.5. The molecule has 0 aliphatic heterocycles. The Kier molecular flexibility index (Phi) is 9.80. The molecular weight excluding hydrogens is 260 g/mol. The fourth-order valence-electron chi connectivity index (χ4n) is 1.59. The molecule has 0 bridgehead atoms. The number of rotatable bonds is 10. The van der Waals surface area contributed by atoms with Crippen LogP contribution in [0.25, 0.3) is 0 Å². The van der Waals surface area contributed by atoms with Gasteiger partial charge in [0.15, 0.2) is 0 Å². The van der Waals surface area contributed by atoms with E-state index >= 15 is 0 Å². The van der Waals surface area contributed by atoms with Gasteiger partial charge in [0, 0.05) is 19.7 Å². The summed E-state index contributed by atoms with van der Waals surface area (Å²) in [6.45, 7) is 9.80. The molecule has 0 aromatic rings. The van der Waals surface area contributed by atoms with Gasteiger partial charge in [-0.25, -0.2) is 4.79 Å². The van der Waals surface area contributed by atoms with Crippen molar-refractivity contribution in [3.63, 3.8) is 0 Å². The molecule has 0 saturated carbocycles. The number of hydrogen-bond donors (Lipinski definition) is 2. The van der Waals surface area contributed by atoms with Gasteiger partial charge in [-0.05, 0) is 18.3 Å². The molecule has 0 unspecified atom stereocenters. The van der Waals surface area contributed by atoms with Crippen LogP contribution < -0.4 is 5.32 Å². The van der Waals surface area contributed by atoms with Crippen molar-refractivity contribution in [2.45, 2.75) is 34.1 Å². The molecule has 0 fully saturated rings. The summed E-state index contributed by atoms with van der Waals surface area (Å²) in [6.07, 6.45) is 0.992. The van der Waals surface area contributed by atoms with E-state index in [1.807, 2.05) is 13.8 Å². The third-order valence-corrected chi connectivity index (χ3v) is 2.56. The Balaban J connectivity index is 3.91. The van der Waals surface area contributed by atoms with Gasteiger partial charge in [0.05, 0.1) is 6.61 Å². The summed E-state index contributed by atoms with van der Waals surface area (Å²) in [4.78, 5) is 23.9. The highest BCUT2D eigenvalue weighted by atomic mass is 16.5. The van der Waals surface area contributed by atoms with Crippen molar-refractivity contribution in [1.29, 1.82) is 0 Å². The van der Waals surface area contributed by atoms with Gasteiger partial charge in [-0.2, -0.15) is 0 Å². The van der Waals surface area contributed by atoms with E-state index < -0.39 is 5.97 Å². The number of carbonyl (C=O) groups is 2. The lowest BCUT2D eigenvalue weighted by molar-refractivity contribution is -0.137. The average molecular weight is 288 g/mol. The van der Waals surface area contributed by atoms with Crippen molar-refractivity contribution >= 4 is 12.0 Å². The number of carboxylic acids is 1. The van der Waals surface area contributed by atoms with Crippen molar-refractivity contribution in [3.05, 3.63) is 0 Å². The number of amides is 2. The first-order chi connectivity index (χ1) is 9.32. The molecule has 0 aromatic carbocycles. The van der Waals surface area contributed by atoms with Crippen molar-refractivity contribution in [3.8, 4) is 0 Å². The second-order valence-electron chi connectivity index (χ2n) is 5.69. The molecule has 6 nitrogen and oxygen atoms in total. The molecule has 0 rings (SSSR count). The lowest BCUT2D eigenvalue weighted by Gasteiger charge is -2.23. The molecule has 6 heteroatoms. The molecule has 118 valence electrons. The first kappa shape index (κ1) is 18.7. The molecule has 0 aliphatic carbocycles. The number of ether oxygens (including phenoxy) is 1. The number of nitrogens with zero attached hydrogens (tertiary/aromatic N) is 1. The van der Waals surface area contributed by atoms with Crippen LogP contribution in [-0.2, 0) is 9.53 Å². The number of aliphatic carboxylic acids is 1. The zero-order valence-corrected chi connectivity index (χ0v) is 13.0. The third kappa shape index (κ3) is 10.6. The average Bonchev–Trinajstić information content (AvgIpc) is 2.30. The van der Waals surface area contributed by atoms with Gasteiger partial charge in [-0.3, -0.25) is 4.79 Å². The predicted molar refractivity (Wildman–Crippen MR) is 77.7 cm³/mol. The Hall–Kier alpha value is -1.30. The topological polar surface area (TPSA) is 78.9 Å². The molecule has 2 amide bonds. The molecule has 0 heterocycles. The summed E-state index contributed by atoms with van der Waals surface area (Å²) in [5, 5.41) is 11.5. The molecule has 0 aliphatic rings. The Morgan fingerprint density at radius 1 is 1.15 bits per heavy atom. The lowest BCUT2D eigenvalue weighted by atomic mass is 10.1. The number of carboxylic acid groups (broad SMARTS) is 1. The molecule has 0 atom stereocenters. The minimum atomic E-state index is -1.01. The van der Waals surface area contributed by atoms with Crippen LogP contribution in [0.1, 0.15) is 34.1 Å². The van der Waals surface area contributed by atoms with E-state index in [-0.39, 0.29) is 18.5 Å². The first-order valence-corrected chi connectivity index (χ1v) is 7.15. The molecule has 0 saturated heterocycles. The van der Waals surface area contributed by atoms with E-state index in [2.05, 4.69) is 19.2 Å². The maximum atomic E-state index is 11.9. The van der Waals surface area contributed by atoms with Gasteiger partial charge >= 0.3 is 12.0 Å². The standard InChI is InChI=1S/C14H28N2O4/c1-11(2)5-7-20-8-6-15-14(19)16(9-12(3)4)10-13(17)18/h11-12H,5-10H2,1-4H3,(H,15,19)(H,17,18). The number of nitrogens with one attached hydrogen (secondary N) is 1. The number of carbonyl (C=O) groups excluding carboxylic acids is 1. The highest BCUT2D eigenvalue weighted by molar-refractivity contribution is 5.80. The fraction of sp³-hybridized carbons (Fsp3) is 0.857. The summed E-state index contributed by atoms with van der Waals surface area (Å²) in [6, 6.07) is -0.353. The van der Waals surface area contributed by atoms with E-state index in [0.29, 0.717) is 32.2 Å². The van der Waals surface area contributed by atoms with Crippen molar-refractivity contribution in [2.75, 3.05) is 32.8 Å². The fourth-order valence-corrected chi connectivity index (χ4v) is 1.59. The predicted octanol–water partition coefficient (Wildman–Crippen LogP) is 1.80. The van der Waals surface area contributed by atoms with Crippen LogP contribution >= 0.6 is 0 Å². The highest BCUT2D eigenvalue weighted by Crippen LogP contribution is 2.00. The highest BCUT2D eigenvalue weighted by Gasteiger charge is 2.17. The summed E-state index contributed by atoms with van der Waals surface area (Å²) < 4.78 is 5.39. The SMILES string of the molecule is CC(C)CCOCCNC(=O)N(CC(=O)O)CC(C)C. The van der Waals surface area contributed by atoms with E-state index in [1.54, 1.807) is 0 Å². The summed E-state index contributed by atoms with van der Waals surface area (Å²) in [5.41, 5.74) is 0. The van der Waals surface area contributed by atoms with Crippen molar-refractivity contribution in [2.24, 2.45) is 11.8 Å². The normalized spacial score (nSPS) is 10.9. The van der Waals surface area contributed by atoms with E-state index in [4.69, 9.17) is 9.84 Å². The van der Waals surface area contributed by atoms with E-state index in [1.165, 1.54) is 4.90 Å². The zero-order chi connectivity index (χ0) is 15.5. The Bertz CT molecular complexity index is 293. The molecular formula is C14H28N2O4. The van der Waals surface area contributed by atoms with Crippen LogP contribution in [0.4, 0.5) is 4.79 Å². The lowest BCUT2D eigenvalue weighted by Crippen LogP contribution is -2.45. The van der Waals surface area contributed by atoms with Gasteiger partial charge in [0.1, 0.15) is 6.54 Å². The molecule has 20 heavy (non-hydrogen) atoms. The minimum Gasteiger partial charge on any atom is -0.480 e. The maximum absolute atomic E-state index is 11.9. The number of urea groups is 1. The summed E-state index contributed by atoms with van der Waals surface area (Å²) in [5.74, 6) is -0.182. The Morgan fingerprint density at radius 2 is 1.80 bits per heavy atom. The molecule has 2 N–H and O–H groups in total. The Labute approximate surface area is 121 Å². The van der Waals surface area contributed by atoms with Crippen LogP contribution in [-0.4, -0.2) is 54.9 Å². The quantitative estimate of drug-likeness (QED) is 0.601. The van der Waals surface area contributed by atoms with Crippen LogP contribution in [0, 0.1) is 11.8 Å². The summed E-state index contributed by atoms with van der Waals surface area (Å²) in [7, 11) is 0. The molecule has 0 aromatic heterocycles. The molecule has 0 radical (unpaired) electrons. The second-order valence-corrected chi connectivity index (χ2v) is 5.69. The van der Waals surface area contributed by atoms with Gasteiger partial charge in [-0.15, -0.1) is 0 Å². The van der Waals surface area contributed by atoms with E-state index in [0.717, 1.165) is 6.42 Å². The maximum Gasteiger partial charge on any atom is 0.323 e. The zero-order valence-electron chi connectivity index (χ0n) is 13.0. The molecule has 0 spiro atoms. The van der Waals surface area contributed by atoms with Crippen molar-refractivity contribution < 1.29 is 19.4 Å². The van der Waals surface area contributed by atoms with Gasteiger partial charge < -0.3 is 20.1 Å². The van der Waals surface area contributed by atoms with Crippen molar-refractivity contribution in [1.82, 2.24) is 10.2 Å².